The maximum absolute atomic E-state index is 4.63. The van der Waals surface area contributed by atoms with E-state index in [0.29, 0.717) is 5.82 Å². The van der Waals surface area contributed by atoms with Crippen molar-refractivity contribution in [3.05, 3.63) is 60.3 Å². The molecule has 0 radical (unpaired) electrons. The van der Waals surface area contributed by atoms with E-state index in [1.165, 1.54) is 0 Å². The molecule has 0 fully saturated rings. The molecule has 0 atom stereocenters. The Balaban J connectivity index is 1.93. The first-order chi connectivity index (χ1) is 10.7. The van der Waals surface area contributed by atoms with Crippen LogP contribution in [0.25, 0.3) is 23.0 Å². The van der Waals surface area contributed by atoms with E-state index < -0.39 is 0 Å². The molecule has 4 aromatic heterocycles. The second-order valence-electron chi connectivity index (χ2n) is 5.22. The van der Waals surface area contributed by atoms with Crippen molar-refractivity contribution in [2.75, 3.05) is 0 Å². The highest BCUT2D eigenvalue weighted by Crippen LogP contribution is 2.19. The lowest BCUT2D eigenvalue weighted by atomic mass is 10.3. The molecule has 0 N–H and O–H groups in total. The molecule has 0 saturated heterocycles. The van der Waals surface area contributed by atoms with Crippen LogP contribution in [0.5, 0.6) is 0 Å². The first-order valence-corrected chi connectivity index (χ1v) is 7.00. The number of hydrogen-bond acceptors (Lipinski definition) is 4. The summed E-state index contributed by atoms with van der Waals surface area (Å²) < 4.78 is 3.74. The van der Waals surface area contributed by atoms with E-state index in [1.807, 2.05) is 48.0 Å². The van der Waals surface area contributed by atoms with Gasteiger partial charge in [0, 0.05) is 30.4 Å². The van der Waals surface area contributed by atoms with Crippen molar-refractivity contribution in [3.63, 3.8) is 0 Å². The van der Waals surface area contributed by atoms with Gasteiger partial charge in [-0.25, -0.2) is 19.6 Å². The number of pyridine rings is 1. The summed E-state index contributed by atoms with van der Waals surface area (Å²) >= 11 is 0. The van der Waals surface area contributed by atoms with E-state index in [0.717, 1.165) is 28.4 Å². The molecule has 6 nitrogen and oxygen atoms in total. The molecule has 0 saturated carbocycles. The second kappa shape index (κ2) is 4.77. The number of aromatic nitrogens is 6. The van der Waals surface area contributed by atoms with Gasteiger partial charge in [-0.15, -0.1) is 0 Å². The van der Waals surface area contributed by atoms with E-state index in [2.05, 4.69) is 27.0 Å². The predicted octanol–water partition coefficient (Wildman–Crippen LogP) is 2.59. The number of imidazole rings is 1. The molecule has 0 aliphatic rings. The first kappa shape index (κ1) is 12.7. The van der Waals surface area contributed by atoms with Crippen LogP contribution in [-0.4, -0.2) is 29.1 Å². The lowest BCUT2D eigenvalue weighted by Crippen LogP contribution is -2.03. The lowest BCUT2D eigenvalue weighted by molar-refractivity contribution is 0.836. The van der Waals surface area contributed by atoms with E-state index in [-0.39, 0.29) is 0 Å². The molecule has 0 aromatic carbocycles. The highest BCUT2D eigenvalue weighted by atomic mass is 15.3. The highest BCUT2D eigenvalue weighted by molar-refractivity contribution is 5.58. The Hall–Kier alpha value is -3.02. The molecule has 0 bridgehead atoms. The van der Waals surface area contributed by atoms with Crippen molar-refractivity contribution < 1.29 is 0 Å². The van der Waals surface area contributed by atoms with E-state index in [4.69, 9.17) is 0 Å². The van der Waals surface area contributed by atoms with Crippen molar-refractivity contribution in [1.82, 2.24) is 29.1 Å². The summed E-state index contributed by atoms with van der Waals surface area (Å²) in [5, 5.41) is 4.23. The fraction of sp³-hybridized carbons (Fsp3) is 0.125. The largest absolute Gasteiger partial charge is 0.297 e. The third-order valence-electron chi connectivity index (χ3n) is 3.46. The average molecular weight is 290 g/mol. The summed E-state index contributed by atoms with van der Waals surface area (Å²) in [4.78, 5) is 13.6. The van der Waals surface area contributed by atoms with Gasteiger partial charge in [-0.05, 0) is 31.5 Å². The van der Waals surface area contributed by atoms with E-state index >= 15 is 0 Å². The zero-order chi connectivity index (χ0) is 15.1. The zero-order valence-corrected chi connectivity index (χ0v) is 12.3. The molecule has 108 valence electrons. The normalized spacial score (nSPS) is 11.2. The van der Waals surface area contributed by atoms with Gasteiger partial charge in [0.2, 0.25) is 0 Å². The fourth-order valence-electron chi connectivity index (χ4n) is 2.44. The van der Waals surface area contributed by atoms with E-state index in [9.17, 15) is 0 Å². The van der Waals surface area contributed by atoms with Crippen LogP contribution in [0.15, 0.2) is 49.1 Å². The smallest absolute Gasteiger partial charge is 0.180 e. The summed E-state index contributed by atoms with van der Waals surface area (Å²) in [6.45, 7) is 4.00. The Morgan fingerprint density at radius 2 is 2.00 bits per heavy atom. The van der Waals surface area contributed by atoms with Crippen molar-refractivity contribution in [1.29, 1.82) is 0 Å². The topological polar surface area (TPSA) is 60.9 Å². The lowest BCUT2D eigenvalue weighted by Gasteiger charge is -2.06. The molecular formula is C16H14N6. The summed E-state index contributed by atoms with van der Waals surface area (Å²) in [6, 6.07) is 7.81. The molecule has 0 spiro atoms. The standard InChI is InChI=1S/C16H14N6/c1-11-4-5-14-17-9-13(21(14)10-11)16-19-12(2)8-15(20-16)22-7-3-6-18-22/h3-10H,1-2H3. The maximum Gasteiger partial charge on any atom is 0.180 e. The first-order valence-electron chi connectivity index (χ1n) is 7.00. The van der Waals surface area contributed by atoms with Gasteiger partial charge in [0.1, 0.15) is 11.3 Å². The quantitative estimate of drug-likeness (QED) is 0.569. The monoisotopic (exact) mass is 290 g/mol. The fourth-order valence-corrected chi connectivity index (χ4v) is 2.44. The van der Waals surface area contributed by atoms with Crippen LogP contribution in [0.4, 0.5) is 0 Å². The molecule has 22 heavy (non-hydrogen) atoms. The highest BCUT2D eigenvalue weighted by Gasteiger charge is 2.11. The van der Waals surface area contributed by atoms with Gasteiger partial charge in [0.25, 0.3) is 0 Å². The second-order valence-corrected chi connectivity index (χ2v) is 5.22. The van der Waals surface area contributed by atoms with Crippen LogP contribution in [0, 0.1) is 13.8 Å². The molecule has 0 aliphatic carbocycles. The maximum atomic E-state index is 4.63. The minimum Gasteiger partial charge on any atom is -0.297 e. The third-order valence-corrected chi connectivity index (χ3v) is 3.46. The summed E-state index contributed by atoms with van der Waals surface area (Å²) in [6.07, 6.45) is 7.44. The zero-order valence-electron chi connectivity index (χ0n) is 12.3. The van der Waals surface area contributed by atoms with Gasteiger partial charge in [-0.2, -0.15) is 5.10 Å². The van der Waals surface area contributed by atoms with Crippen LogP contribution >= 0.6 is 0 Å². The predicted molar refractivity (Wildman–Crippen MR) is 82.8 cm³/mol. The third kappa shape index (κ3) is 2.05. The number of rotatable bonds is 2. The Morgan fingerprint density at radius 1 is 1.09 bits per heavy atom. The van der Waals surface area contributed by atoms with Gasteiger partial charge in [0.05, 0.1) is 6.20 Å². The summed E-state index contributed by atoms with van der Waals surface area (Å²) in [7, 11) is 0. The van der Waals surface area contributed by atoms with Crippen LogP contribution in [0.3, 0.4) is 0 Å². The van der Waals surface area contributed by atoms with Gasteiger partial charge in [-0.3, -0.25) is 4.40 Å². The van der Waals surface area contributed by atoms with Gasteiger partial charge >= 0.3 is 0 Å². The van der Waals surface area contributed by atoms with Gasteiger partial charge in [0.15, 0.2) is 11.6 Å². The van der Waals surface area contributed by atoms with E-state index in [1.54, 1.807) is 17.1 Å². The molecular weight excluding hydrogens is 276 g/mol. The SMILES string of the molecule is Cc1ccc2ncc(-c3nc(C)cc(-n4cccn4)n3)n2c1. The van der Waals surface area contributed by atoms with Crippen molar-refractivity contribution in [2.45, 2.75) is 13.8 Å². The van der Waals surface area contributed by atoms with Crippen molar-refractivity contribution in [2.24, 2.45) is 0 Å². The number of hydrogen-bond donors (Lipinski definition) is 0. The number of fused-ring (bicyclic) bond motifs is 1. The summed E-state index contributed by atoms with van der Waals surface area (Å²) in [5.74, 6) is 1.39. The van der Waals surface area contributed by atoms with Crippen LogP contribution in [-0.2, 0) is 0 Å². The average Bonchev–Trinajstić information content (AvgIpc) is 3.16. The Morgan fingerprint density at radius 3 is 2.82 bits per heavy atom. The van der Waals surface area contributed by atoms with Crippen molar-refractivity contribution >= 4 is 5.65 Å². The molecule has 6 heteroatoms. The minimum absolute atomic E-state index is 0.642. The molecule has 0 amide bonds. The van der Waals surface area contributed by atoms with Gasteiger partial charge < -0.3 is 0 Å². The number of aryl methyl sites for hydroxylation is 2. The Bertz CT molecular complexity index is 952. The van der Waals surface area contributed by atoms with Crippen LogP contribution in [0.2, 0.25) is 0 Å². The molecule has 0 unspecified atom stereocenters. The van der Waals surface area contributed by atoms with Gasteiger partial charge in [-0.1, -0.05) is 6.07 Å². The van der Waals surface area contributed by atoms with Crippen LogP contribution in [0.1, 0.15) is 11.3 Å². The molecule has 4 aromatic rings. The number of nitrogens with zero attached hydrogens (tertiary/aromatic N) is 6. The minimum atomic E-state index is 0.642. The Kier molecular flexibility index (Phi) is 2.75. The van der Waals surface area contributed by atoms with Crippen LogP contribution < -0.4 is 0 Å². The van der Waals surface area contributed by atoms with Crippen molar-refractivity contribution in [3.8, 4) is 17.3 Å². The molecule has 4 rings (SSSR count). The molecule has 0 aliphatic heterocycles. The summed E-state index contributed by atoms with van der Waals surface area (Å²) in [5.41, 5.74) is 3.80. The molecule has 4 heterocycles. The Labute approximate surface area is 127 Å².